The summed E-state index contributed by atoms with van der Waals surface area (Å²) in [7, 11) is -3.68. The zero-order chi connectivity index (χ0) is 18.9. The van der Waals surface area contributed by atoms with E-state index in [9.17, 15) is 13.7 Å². The van der Waals surface area contributed by atoms with Crippen LogP contribution in [0.4, 0.5) is 0 Å². The molecule has 0 radical (unpaired) electrons. The van der Waals surface area contributed by atoms with Crippen molar-refractivity contribution in [2.75, 3.05) is 13.2 Å². The molecule has 3 atom stereocenters. The maximum atomic E-state index is 13.3. The molecule has 1 aliphatic carbocycles. The van der Waals surface area contributed by atoms with E-state index in [1.54, 1.807) is 48.5 Å². The largest absolute Gasteiger partial charge is 0.380 e. The quantitative estimate of drug-likeness (QED) is 0.744. The number of rotatable bonds is 6. The lowest BCUT2D eigenvalue weighted by Gasteiger charge is -2.10. The molecule has 0 aliphatic heterocycles. The Morgan fingerprint density at radius 1 is 1.15 bits per heavy atom. The van der Waals surface area contributed by atoms with Gasteiger partial charge in [-0.05, 0) is 43.7 Å². The topological polar surface area (TPSA) is 67.2 Å². The maximum absolute atomic E-state index is 13.3. The summed E-state index contributed by atoms with van der Waals surface area (Å²) >= 11 is 5.95. The summed E-state index contributed by atoms with van der Waals surface area (Å²) in [5.41, 5.74) is 0.680. The Morgan fingerprint density at radius 3 is 2.31 bits per heavy atom. The Bertz CT molecular complexity index is 933. The first-order valence-electron chi connectivity index (χ1n) is 8.42. The number of aryl methyl sites for hydroxylation is 1. The molecule has 26 heavy (non-hydrogen) atoms. The summed E-state index contributed by atoms with van der Waals surface area (Å²) in [6.07, 6.45) is 0. The van der Waals surface area contributed by atoms with Crippen molar-refractivity contribution in [3.8, 4) is 6.07 Å². The van der Waals surface area contributed by atoms with E-state index in [0.717, 1.165) is 11.1 Å². The summed E-state index contributed by atoms with van der Waals surface area (Å²) in [6.45, 7) is 4.24. The van der Waals surface area contributed by atoms with Crippen LogP contribution in [-0.2, 0) is 14.6 Å². The summed E-state index contributed by atoms with van der Waals surface area (Å²) in [4.78, 5) is 0.237. The van der Waals surface area contributed by atoms with Gasteiger partial charge in [0.2, 0.25) is 0 Å². The number of sulfone groups is 1. The van der Waals surface area contributed by atoms with Crippen LogP contribution in [0.3, 0.4) is 0 Å². The van der Waals surface area contributed by atoms with E-state index in [2.05, 4.69) is 6.07 Å². The molecule has 0 saturated heterocycles. The SMILES string of the molecule is CCOC[C@@]1(C#N)[C@H](c2ccc(Cl)cc2)[C@@H]1S(=O)(=O)c1ccc(C)cc1. The van der Waals surface area contributed by atoms with Gasteiger partial charge in [-0.25, -0.2) is 8.42 Å². The highest BCUT2D eigenvalue weighted by Crippen LogP contribution is 2.64. The van der Waals surface area contributed by atoms with Crippen molar-refractivity contribution in [2.45, 2.75) is 29.9 Å². The van der Waals surface area contributed by atoms with Gasteiger partial charge < -0.3 is 4.74 Å². The van der Waals surface area contributed by atoms with Crippen molar-refractivity contribution < 1.29 is 13.2 Å². The molecule has 0 heterocycles. The summed E-state index contributed by atoms with van der Waals surface area (Å²) in [6, 6.07) is 16.0. The number of ether oxygens (including phenoxy) is 1. The fourth-order valence-corrected chi connectivity index (χ4v) is 5.92. The molecule has 0 bridgehead atoms. The lowest BCUT2D eigenvalue weighted by atomic mass is 10.0. The molecule has 1 fully saturated rings. The normalized spacial score (nSPS) is 24.8. The fourth-order valence-electron chi connectivity index (χ4n) is 3.49. The monoisotopic (exact) mass is 389 g/mol. The molecule has 1 saturated carbocycles. The minimum Gasteiger partial charge on any atom is -0.380 e. The van der Waals surface area contributed by atoms with Crippen molar-refractivity contribution in [1.29, 1.82) is 5.26 Å². The molecule has 0 amide bonds. The van der Waals surface area contributed by atoms with Crippen molar-refractivity contribution in [2.24, 2.45) is 5.41 Å². The van der Waals surface area contributed by atoms with Crippen molar-refractivity contribution in [3.05, 3.63) is 64.7 Å². The molecular weight excluding hydrogens is 370 g/mol. The molecule has 0 spiro atoms. The van der Waals surface area contributed by atoms with Crippen LogP contribution in [-0.4, -0.2) is 26.9 Å². The molecule has 0 N–H and O–H groups in total. The van der Waals surface area contributed by atoms with Crippen LogP contribution in [0.15, 0.2) is 53.4 Å². The van der Waals surface area contributed by atoms with E-state index in [0.29, 0.717) is 11.6 Å². The minimum atomic E-state index is -3.68. The third-order valence-electron chi connectivity index (χ3n) is 4.92. The van der Waals surface area contributed by atoms with Gasteiger partial charge in [0.25, 0.3) is 0 Å². The summed E-state index contributed by atoms with van der Waals surface area (Å²) in [5, 5.41) is 9.61. The summed E-state index contributed by atoms with van der Waals surface area (Å²) < 4.78 is 32.0. The first-order chi connectivity index (χ1) is 12.4. The molecular formula is C20H20ClNO3S. The second-order valence-electron chi connectivity index (χ2n) is 6.60. The van der Waals surface area contributed by atoms with Gasteiger partial charge in [-0.2, -0.15) is 5.26 Å². The molecule has 4 nitrogen and oxygen atoms in total. The molecule has 0 unspecified atom stereocenters. The average Bonchev–Trinajstić information content (AvgIpc) is 3.31. The van der Waals surface area contributed by atoms with Crippen LogP contribution in [0.25, 0.3) is 0 Å². The highest BCUT2D eigenvalue weighted by atomic mass is 35.5. The van der Waals surface area contributed by atoms with E-state index in [-0.39, 0.29) is 11.5 Å². The summed E-state index contributed by atoms with van der Waals surface area (Å²) in [5.74, 6) is -0.442. The third-order valence-corrected chi connectivity index (χ3v) is 7.47. The number of hydrogen-bond donors (Lipinski definition) is 0. The van der Waals surface area contributed by atoms with Crippen LogP contribution in [0.5, 0.6) is 0 Å². The molecule has 136 valence electrons. The highest BCUT2D eigenvalue weighted by molar-refractivity contribution is 7.92. The molecule has 2 aromatic rings. The fraction of sp³-hybridized carbons (Fsp3) is 0.350. The Labute approximate surface area is 159 Å². The maximum Gasteiger partial charge on any atom is 0.183 e. The predicted molar refractivity (Wildman–Crippen MR) is 101 cm³/mol. The number of nitrogens with zero attached hydrogens (tertiary/aromatic N) is 1. The van der Waals surface area contributed by atoms with E-state index in [1.165, 1.54) is 0 Å². The lowest BCUT2D eigenvalue weighted by molar-refractivity contribution is 0.117. The average molecular weight is 390 g/mol. The second-order valence-corrected chi connectivity index (χ2v) is 9.10. The smallest absolute Gasteiger partial charge is 0.183 e. The number of hydrogen-bond acceptors (Lipinski definition) is 4. The minimum absolute atomic E-state index is 0.0864. The third kappa shape index (κ3) is 3.14. The zero-order valence-corrected chi connectivity index (χ0v) is 16.2. The Hall–Kier alpha value is -1.87. The van der Waals surface area contributed by atoms with Crippen molar-refractivity contribution in [1.82, 2.24) is 0 Å². The van der Waals surface area contributed by atoms with Gasteiger partial charge in [0.1, 0.15) is 5.41 Å². The van der Waals surface area contributed by atoms with E-state index >= 15 is 0 Å². The van der Waals surface area contributed by atoms with Crippen molar-refractivity contribution in [3.63, 3.8) is 0 Å². The second kappa shape index (κ2) is 7.03. The van der Waals surface area contributed by atoms with Gasteiger partial charge in [0.15, 0.2) is 9.84 Å². The van der Waals surface area contributed by atoms with Crippen LogP contribution in [0.1, 0.15) is 24.0 Å². The standard InChI is InChI=1S/C20H20ClNO3S/c1-3-25-13-20(12-22)18(15-6-8-16(21)9-7-15)19(20)26(23,24)17-10-4-14(2)5-11-17/h4-11,18-19H,3,13H2,1-2H3/t18-,19+,20+/m1/s1. The first-order valence-corrected chi connectivity index (χ1v) is 10.3. The van der Waals surface area contributed by atoms with Crippen molar-refractivity contribution >= 4 is 21.4 Å². The molecule has 0 aromatic heterocycles. The van der Waals surface area contributed by atoms with Crippen LogP contribution in [0, 0.1) is 23.7 Å². The first kappa shape index (κ1) is 18.9. The molecule has 3 rings (SSSR count). The molecule has 2 aromatic carbocycles. The predicted octanol–water partition coefficient (Wildman–Crippen LogP) is 4.13. The van der Waals surface area contributed by atoms with Crippen LogP contribution < -0.4 is 0 Å². The van der Waals surface area contributed by atoms with Gasteiger partial charge in [-0.1, -0.05) is 41.4 Å². The van der Waals surface area contributed by atoms with E-state index < -0.39 is 26.4 Å². The zero-order valence-electron chi connectivity index (χ0n) is 14.6. The number of nitriles is 1. The Kier molecular flexibility index (Phi) is 5.12. The Balaban J connectivity index is 2.05. The molecule has 6 heteroatoms. The van der Waals surface area contributed by atoms with Crippen LogP contribution in [0.2, 0.25) is 5.02 Å². The van der Waals surface area contributed by atoms with Gasteiger partial charge >= 0.3 is 0 Å². The van der Waals surface area contributed by atoms with E-state index in [1.807, 2.05) is 13.8 Å². The van der Waals surface area contributed by atoms with E-state index in [4.69, 9.17) is 16.3 Å². The van der Waals surface area contributed by atoms with Gasteiger partial charge in [-0.3, -0.25) is 0 Å². The van der Waals surface area contributed by atoms with Gasteiger partial charge in [0.05, 0.1) is 22.8 Å². The molecule has 1 aliphatic rings. The lowest BCUT2D eigenvalue weighted by Crippen LogP contribution is -2.19. The van der Waals surface area contributed by atoms with Gasteiger partial charge in [0, 0.05) is 17.5 Å². The number of halogens is 1. The Morgan fingerprint density at radius 2 is 1.77 bits per heavy atom. The highest BCUT2D eigenvalue weighted by Gasteiger charge is 2.72. The number of benzene rings is 2. The van der Waals surface area contributed by atoms with Gasteiger partial charge in [-0.15, -0.1) is 0 Å². The van der Waals surface area contributed by atoms with Crippen LogP contribution >= 0.6 is 11.6 Å².